The molecule has 0 unspecified atom stereocenters. The van der Waals surface area contributed by atoms with Gasteiger partial charge in [0.05, 0.1) is 28.7 Å². The van der Waals surface area contributed by atoms with Gasteiger partial charge in [-0.2, -0.15) is 0 Å². The number of nitrogens with zero attached hydrogens (tertiary/aromatic N) is 3. The number of hydrogen-bond acceptors (Lipinski definition) is 4. The zero-order valence-corrected chi connectivity index (χ0v) is 15.5. The first-order valence-electron chi connectivity index (χ1n) is 9.18. The van der Waals surface area contributed by atoms with E-state index in [0.717, 1.165) is 16.9 Å². The first-order valence-corrected chi connectivity index (χ1v) is 9.18. The third-order valence-electron chi connectivity index (χ3n) is 4.99. The number of para-hydroxylation sites is 2. The van der Waals surface area contributed by atoms with Crippen LogP contribution in [0.15, 0.2) is 48.5 Å². The van der Waals surface area contributed by atoms with Crippen LogP contribution in [0.1, 0.15) is 39.4 Å². The van der Waals surface area contributed by atoms with Crippen LogP contribution in [0.5, 0.6) is 0 Å². The summed E-state index contributed by atoms with van der Waals surface area (Å²) in [5, 5.41) is 2.86. The van der Waals surface area contributed by atoms with Crippen LogP contribution in [0.2, 0.25) is 0 Å². The number of aromatic nitrogens is 2. The van der Waals surface area contributed by atoms with Gasteiger partial charge in [0, 0.05) is 20.0 Å². The molecule has 0 saturated heterocycles. The first-order chi connectivity index (χ1) is 13.6. The molecule has 7 nitrogen and oxygen atoms in total. The van der Waals surface area contributed by atoms with E-state index < -0.39 is 0 Å². The minimum absolute atomic E-state index is 0.135. The van der Waals surface area contributed by atoms with Crippen molar-refractivity contribution in [2.75, 3.05) is 6.54 Å². The molecular formula is C21H20N4O3. The fraction of sp³-hybridized carbons (Fsp3) is 0.238. The number of aryl methyl sites for hydroxylation is 1. The minimum Gasteiger partial charge on any atom is -0.349 e. The summed E-state index contributed by atoms with van der Waals surface area (Å²) < 4.78 is 1.95. The van der Waals surface area contributed by atoms with E-state index in [1.54, 1.807) is 24.3 Å². The second kappa shape index (κ2) is 7.26. The summed E-state index contributed by atoms with van der Waals surface area (Å²) in [6, 6.07) is 14.6. The number of carbonyl (C=O) groups is 3. The van der Waals surface area contributed by atoms with Crippen LogP contribution in [-0.4, -0.2) is 38.7 Å². The van der Waals surface area contributed by atoms with E-state index in [1.807, 2.05) is 35.9 Å². The number of imide groups is 1. The molecule has 2 aromatic carbocycles. The van der Waals surface area contributed by atoms with Gasteiger partial charge in [-0.25, -0.2) is 4.98 Å². The Balaban J connectivity index is 1.29. The van der Waals surface area contributed by atoms with E-state index >= 15 is 0 Å². The maximum atomic E-state index is 12.3. The molecular weight excluding hydrogens is 356 g/mol. The minimum atomic E-state index is -0.291. The lowest BCUT2D eigenvalue weighted by Gasteiger charge is -2.13. The summed E-state index contributed by atoms with van der Waals surface area (Å²) in [7, 11) is 1.92. The highest BCUT2D eigenvalue weighted by Gasteiger charge is 2.34. The number of fused-ring (bicyclic) bond motifs is 2. The summed E-state index contributed by atoms with van der Waals surface area (Å²) in [6.07, 6.45) is 0.650. The van der Waals surface area contributed by atoms with E-state index in [9.17, 15) is 14.4 Å². The van der Waals surface area contributed by atoms with Crippen molar-refractivity contribution in [1.82, 2.24) is 19.8 Å². The smallest absolute Gasteiger partial charge is 0.261 e. The Kier molecular flexibility index (Phi) is 4.65. The lowest BCUT2D eigenvalue weighted by molar-refractivity contribution is -0.121. The molecule has 0 radical (unpaired) electrons. The molecule has 0 aliphatic carbocycles. The third-order valence-corrected chi connectivity index (χ3v) is 4.99. The van der Waals surface area contributed by atoms with Gasteiger partial charge in [0.25, 0.3) is 11.8 Å². The fourth-order valence-corrected chi connectivity index (χ4v) is 3.46. The molecule has 0 fully saturated rings. The van der Waals surface area contributed by atoms with Crippen LogP contribution in [0, 0.1) is 0 Å². The van der Waals surface area contributed by atoms with Gasteiger partial charge in [-0.1, -0.05) is 24.3 Å². The van der Waals surface area contributed by atoms with Crippen LogP contribution >= 0.6 is 0 Å². The largest absolute Gasteiger partial charge is 0.349 e. The first kappa shape index (κ1) is 17.9. The molecule has 1 aromatic heterocycles. The monoisotopic (exact) mass is 376 g/mol. The van der Waals surface area contributed by atoms with Crippen molar-refractivity contribution in [2.24, 2.45) is 7.05 Å². The van der Waals surface area contributed by atoms with Gasteiger partial charge in [0.15, 0.2) is 0 Å². The Labute approximate surface area is 162 Å². The number of hydrogen-bond donors (Lipinski definition) is 1. The standard InChI is InChI=1S/C21H20N4O3/c1-24-17-10-5-4-9-16(17)23-18(24)13-22-19(26)11-6-12-25-20(27)14-7-2-3-8-15(14)21(25)28/h2-5,7-10H,6,11-13H2,1H3,(H,22,26). The van der Waals surface area contributed by atoms with Crippen LogP contribution < -0.4 is 5.32 Å². The summed E-state index contributed by atoms with van der Waals surface area (Å²) in [5.74, 6) is 0.0555. The zero-order chi connectivity index (χ0) is 19.7. The average Bonchev–Trinajstić information content (AvgIpc) is 3.16. The van der Waals surface area contributed by atoms with E-state index in [4.69, 9.17) is 0 Å². The number of nitrogens with one attached hydrogen (secondary N) is 1. The molecule has 7 heteroatoms. The van der Waals surface area contributed by atoms with Gasteiger partial charge < -0.3 is 9.88 Å². The molecule has 3 amide bonds. The summed E-state index contributed by atoms with van der Waals surface area (Å²) in [6.45, 7) is 0.559. The number of imidazole rings is 1. The Bertz CT molecular complexity index is 1050. The third kappa shape index (κ3) is 3.15. The predicted molar refractivity (Wildman–Crippen MR) is 104 cm³/mol. The molecule has 1 N–H and O–H groups in total. The second-order valence-corrected chi connectivity index (χ2v) is 6.76. The molecule has 0 saturated carbocycles. The Morgan fingerprint density at radius 3 is 2.32 bits per heavy atom. The van der Waals surface area contributed by atoms with Crippen molar-refractivity contribution in [2.45, 2.75) is 19.4 Å². The maximum absolute atomic E-state index is 12.3. The highest BCUT2D eigenvalue weighted by Crippen LogP contribution is 2.22. The summed E-state index contributed by atoms with van der Waals surface area (Å²) in [5.41, 5.74) is 2.76. The maximum Gasteiger partial charge on any atom is 0.261 e. The summed E-state index contributed by atoms with van der Waals surface area (Å²) >= 11 is 0. The highest BCUT2D eigenvalue weighted by atomic mass is 16.2. The van der Waals surface area contributed by atoms with Crippen LogP contribution in [-0.2, 0) is 18.4 Å². The predicted octanol–water partition coefficient (Wildman–Crippen LogP) is 2.27. The molecule has 28 heavy (non-hydrogen) atoms. The van der Waals surface area contributed by atoms with E-state index in [-0.39, 0.29) is 30.7 Å². The molecule has 4 rings (SSSR count). The summed E-state index contributed by atoms with van der Waals surface area (Å²) in [4.78, 5) is 42.5. The topological polar surface area (TPSA) is 84.3 Å². The number of carbonyl (C=O) groups excluding carboxylic acids is 3. The van der Waals surface area contributed by atoms with Crippen molar-refractivity contribution in [3.05, 3.63) is 65.5 Å². The molecule has 0 bridgehead atoms. The normalized spacial score (nSPS) is 13.2. The van der Waals surface area contributed by atoms with Gasteiger partial charge in [-0.3, -0.25) is 19.3 Å². The van der Waals surface area contributed by atoms with Crippen LogP contribution in [0.4, 0.5) is 0 Å². The van der Waals surface area contributed by atoms with Crippen molar-refractivity contribution < 1.29 is 14.4 Å². The van der Waals surface area contributed by atoms with Crippen molar-refractivity contribution in [3.63, 3.8) is 0 Å². The Morgan fingerprint density at radius 1 is 1.00 bits per heavy atom. The van der Waals surface area contributed by atoms with Gasteiger partial charge >= 0.3 is 0 Å². The second-order valence-electron chi connectivity index (χ2n) is 6.76. The van der Waals surface area contributed by atoms with Gasteiger partial charge in [0.2, 0.25) is 5.91 Å². The van der Waals surface area contributed by atoms with Crippen LogP contribution in [0.3, 0.4) is 0 Å². The lowest BCUT2D eigenvalue weighted by atomic mass is 10.1. The molecule has 0 atom stereocenters. The van der Waals surface area contributed by atoms with Crippen molar-refractivity contribution in [1.29, 1.82) is 0 Å². The quantitative estimate of drug-likeness (QED) is 0.669. The number of benzene rings is 2. The Morgan fingerprint density at radius 2 is 1.64 bits per heavy atom. The van der Waals surface area contributed by atoms with Gasteiger partial charge in [-0.05, 0) is 30.7 Å². The van der Waals surface area contributed by atoms with Gasteiger partial charge in [0.1, 0.15) is 5.82 Å². The van der Waals surface area contributed by atoms with E-state index in [1.165, 1.54) is 4.90 Å². The van der Waals surface area contributed by atoms with Gasteiger partial charge in [-0.15, -0.1) is 0 Å². The fourth-order valence-electron chi connectivity index (χ4n) is 3.46. The molecule has 3 aromatic rings. The van der Waals surface area contributed by atoms with E-state index in [2.05, 4.69) is 10.3 Å². The van der Waals surface area contributed by atoms with Crippen molar-refractivity contribution >= 4 is 28.8 Å². The SMILES string of the molecule is Cn1c(CNC(=O)CCCN2C(=O)c3ccccc3C2=O)nc2ccccc21. The molecule has 2 heterocycles. The highest BCUT2D eigenvalue weighted by molar-refractivity contribution is 6.21. The molecule has 142 valence electrons. The lowest BCUT2D eigenvalue weighted by Crippen LogP contribution is -2.32. The number of amides is 3. The van der Waals surface area contributed by atoms with Crippen LogP contribution in [0.25, 0.3) is 11.0 Å². The zero-order valence-electron chi connectivity index (χ0n) is 15.5. The molecule has 1 aliphatic rings. The Hall–Kier alpha value is -3.48. The number of rotatable bonds is 6. The molecule has 1 aliphatic heterocycles. The average molecular weight is 376 g/mol. The van der Waals surface area contributed by atoms with E-state index in [0.29, 0.717) is 24.1 Å². The molecule has 0 spiro atoms. The van der Waals surface area contributed by atoms with Crippen molar-refractivity contribution in [3.8, 4) is 0 Å².